The zero-order valence-corrected chi connectivity index (χ0v) is 13.6. The maximum Gasteiger partial charge on any atom is 0.335 e. The van der Waals surface area contributed by atoms with Crippen LogP contribution in [0.1, 0.15) is 34.0 Å². The second-order valence-corrected chi connectivity index (χ2v) is 5.91. The number of aryl methyl sites for hydroxylation is 2. The molecule has 0 aromatic heterocycles. The Morgan fingerprint density at radius 1 is 1.09 bits per heavy atom. The average molecular weight is 311 g/mol. The molecule has 0 spiro atoms. The SMILES string of the molecule is Cc1ccc(CC(C)C(=O)Nc2cc(C(=O)O)ccc2C)cc1. The summed E-state index contributed by atoms with van der Waals surface area (Å²) in [6.07, 6.45) is 0.643. The van der Waals surface area contributed by atoms with Crippen molar-refractivity contribution in [1.29, 1.82) is 0 Å². The Labute approximate surface area is 136 Å². The molecule has 0 heterocycles. The monoisotopic (exact) mass is 311 g/mol. The van der Waals surface area contributed by atoms with Gasteiger partial charge in [-0.3, -0.25) is 4.79 Å². The van der Waals surface area contributed by atoms with Gasteiger partial charge in [0.05, 0.1) is 5.56 Å². The van der Waals surface area contributed by atoms with E-state index in [1.807, 2.05) is 45.0 Å². The molecule has 0 radical (unpaired) electrons. The molecule has 0 aliphatic rings. The van der Waals surface area contributed by atoms with Gasteiger partial charge in [0.1, 0.15) is 0 Å². The highest BCUT2D eigenvalue weighted by atomic mass is 16.4. The molecule has 2 rings (SSSR count). The van der Waals surface area contributed by atoms with Crippen LogP contribution in [0.25, 0.3) is 0 Å². The van der Waals surface area contributed by atoms with E-state index in [4.69, 9.17) is 5.11 Å². The minimum Gasteiger partial charge on any atom is -0.478 e. The second kappa shape index (κ2) is 7.09. The molecule has 2 aromatic carbocycles. The van der Waals surface area contributed by atoms with Crippen molar-refractivity contribution in [1.82, 2.24) is 0 Å². The number of carboxylic acids is 1. The fraction of sp³-hybridized carbons (Fsp3) is 0.263. The third-order valence-corrected chi connectivity index (χ3v) is 3.85. The van der Waals surface area contributed by atoms with Crippen molar-refractivity contribution in [2.45, 2.75) is 27.2 Å². The summed E-state index contributed by atoms with van der Waals surface area (Å²) in [6, 6.07) is 12.8. The molecular formula is C19H21NO3. The fourth-order valence-electron chi connectivity index (χ4n) is 2.32. The fourth-order valence-corrected chi connectivity index (χ4v) is 2.32. The van der Waals surface area contributed by atoms with Crippen molar-refractivity contribution in [2.24, 2.45) is 5.92 Å². The minimum absolute atomic E-state index is 0.115. The number of carboxylic acid groups (broad SMARTS) is 1. The van der Waals surface area contributed by atoms with E-state index in [1.165, 1.54) is 17.7 Å². The Morgan fingerprint density at radius 2 is 1.74 bits per heavy atom. The van der Waals surface area contributed by atoms with Crippen molar-refractivity contribution in [2.75, 3.05) is 5.32 Å². The molecule has 1 amide bonds. The Hall–Kier alpha value is -2.62. The highest BCUT2D eigenvalue weighted by Crippen LogP contribution is 2.19. The number of nitrogens with one attached hydrogen (secondary N) is 1. The van der Waals surface area contributed by atoms with Gasteiger partial charge in [0, 0.05) is 11.6 Å². The van der Waals surface area contributed by atoms with Gasteiger partial charge in [-0.15, -0.1) is 0 Å². The molecule has 0 fully saturated rings. The first kappa shape index (κ1) is 16.7. The van der Waals surface area contributed by atoms with E-state index in [0.29, 0.717) is 12.1 Å². The number of anilines is 1. The van der Waals surface area contributed by atoms with Gasteiger partial charge in [-0.05, 0) is 43.5 Å². The van der Waals surface area contributed by atoms with Crippen LogP contribution in [0.15, 0.2) is 42.5 Å². The Bertz CT molecular complexity index is 720. The molecule has 0 saturated heterocycles. The standard InChI is InChI=1S/C19H21NO3/c1-12-4-7-15(8-5-12)10-14(3)18(21)20-17-11-16(19(22)23)9-6-13(17)2/h4-9,11,14H,10H2,1-3H3,(H,20,21)(H,22,23). The van der Waals surface area contributed by atoms with Gasteiger partial charge in [0.2, 0.25) is 5.91 Å². The number of carbonyl (C=O) groups is 2. The summed E-state index contributed by atoms with van der Waals surface area (Å²) in [7, 11) is 0. The van der Waals surface area contributed by atoms with Crippen LogP contribution in [0.2, 0.25) is 0 Å². The first-order valence-electron chi connectivity index (χ1n) is 7.57. The molecule has 1 atom stereocenters. The maximum absolute atomic E-state index is 12.4. The zero-order chi connectivity index (χ0) is 17.0. The summed E-state index contributed by atoms with van der Waals surface area (Å²) in [4.78, 5) is 23.4. The normalized spacial score (nSPS) is 11.8. The molecule has 2 aromatic rings. The first-order chi connectivity index (χ1) is 10.9. The highest BCUT2D eigenvalue weighted by molar-refractivity contribution is 5.95. The number of hydrogen-bond donors (Lipinski definition) is 2. The summed E-state index contributed by atoms with van der Waals surface area (Å²) in [5.74, 6) is -1.32. The predicted octanol–water partition coefficient (Wildman–Crippen LogP) is 3.82. The average Bonchev–Trinajstić information content (AvgIpc) is 2.51. The quantitative estimate of drug-likeness (QED) is 0.882. The summed E-state index contributed by atoms with van der Waals surface area (Å²) in [5, 5.41) is 11.9. The van der Waals surface area contributed by atoms with Crippen molar-refractivity contribution >= 4 is 17.6 Å². The van der Waals surface area contributed by atoms with E-state index in [0.717, 1.165) is 11.1 Å². The summed E-state index contributed by atoms with van der Waals surface area (Å²) in [5.41, 5.74) is 3.84. The smallest absolute Gasteiger partial charge is 0.335 e. The highest BCUT2D eigenvalue weighted by Gasteiger charge is 2.15. The molecular weight excluding hydrogens is 290 g/mol. The molecule has 0 aliphatic carbocycles. The van der Waals surface area contributed by atoms with Crippen LogP contribution in [-0.2, 0) is 11.2 Å². The number of hydrogen-bond acceptors (Lipinski definition) is 2. The maximum atomic E-state index is 12.4. The van der Waals surface area contributed by atoms with Gasteiger partial charge < -0.3 is 10.4 Å². The molecule has 4 heteroatoms. The van der Waals surface area contributed by atoms with Crippen LogP contribution in [-0.4, -0.2) is 17.0 Å². The Morgan fingerprint density at radius 3 is 2.35 bits per heavy atom. The largest absolute Gasteiger partial charge is 0.478 e. The van der Waals surface area contributed by atoms with E-state index >= 15 is 0 Å². The lowest BCUT2D eigenvalue weighted by Crippen LogP contribution is -2.22. The molecule has 0 bridgehead atoms. The summed E-state index contributed by atoms with van der Waals surface area (Å²) >= 11 is 0. The van der Waals surface area contributed by atoms with E-state index < -0.39 is 5.97 Å². The first-order valence-corrected chi connectivity index (χ1v) is 7.57. The molecule has 120 valence electrons. The summed E-state index contributed by atoms with van der Waals surface area (Å²) in [6.45, 7) is 5.73. The van der Waals surface area contributed by atoms with Gasteiger partial charge in [0.15, 0.2) is 0 Å². The van der Waals surface area contributed by atoms with Gasteiger partial charge in [-0.2, -0.15) is 0 Å². The van der Waals surface area contributed by atoms with Gasteiger partial charge in [-0.1, -0.05) is 42.8 Å². The predicted molar refractivity (Wildman–Crippen MR) is 90.8 cm³/mol. The zero-order valence-electron chi connectivity index (χ0n) is 13.6. The van der Waals surface area contributed by atoms with Crippen LogP contribution < -0.4 is 5.32 Å². The van der Waals surface area contributed by atoms with Crippen LogP contribution >= 0.6 is 0 Å². The van der Waals surface area contributed by atoms with Crippen LogP contribution in [0, 0.1) is 19.8 Å². The van der Waals surface area contributed by atoms with Crippen LogP contribution in [0.5, 0.6) is 0 Å². The lowest BCUT2D eigenvalue weighted by Gasteiger charge is -2.14. The minimum atomic E-state index is -1.01. The van der Waals surface area contributed by atoms with Gasteiger partial charge in [-0.25, -0.2) is 4.79 Å². The number of benzene rings is 2. The van der Waals surface area contributed by atoms with E-state index in [9.17, 15) is 9.59 Å². The molecule has 1 unspecified atom stereocenters. The van der Waals surface area contributed by atoms with Crippen molar-refractivity contribution < 1.29 is 14.7 Å². The lowest BCUT2D eigenvalue weighted by atomic mass is 9.99. The van der Waals surface area contributed by atoms with Gasteiger partial charge in [0.25, 0.3) is 0 Å². The topological polar surface area (TPSA) is 66.4 Å². The van der Waals surface area contributed by atoms with Crippen molar-refractivity contribution in [3.05, 3.63) is 64.7 Å². The van der Waals surface area contributed by atoms with E-state index in [-0.39, 0.29) is 17.4 Å². The molecule has 2 N–H and O–H groups in total. The number of aromatic carboxylic acids is 1. The number of rotatable bonds is 5. The van der Waals surface area contributed by atoms with Crippen molar-refractivity contribution in [3.8, 4) is 0 Å². The van der Waals surface area contributed by atoms with Gasteiger partial charge >= 0.3 is 5.97 Å². The van der Waals surface area contributed by atoms with Crippen LogP contribution in [0.3, 0.4) is 0 Å². The Kier molecular flexibility index (Phi) is 5.16. The summed E-state index contributed by atoms with van der Waals surface area (Å²) < 4.78 is 0. The number of amides is 1. The third-order valence-electron chi connectivity index (χ3n) is 3.85. The molecule has 4 nitrogen and oxygen atoms in total. The molecule has 0 aliphatic heterocycles. The molecule has 0 saturated carbocycles. The van der Waals surface area contributed by atoms with E-state index in [1.54, 1.807) is 6.07 Å². The number of carbonyl (C=O) groups excluding carboxylic acids is 1. The Balaban J connectivity index is 2.07. The third kappa shape index (κ3) is 4.42. The van der Waals surface area contributed by atoms with E-state index in [2.05, 4.69) is 5.32 Å². The second-order valence-electron chi connectivity index (χ2n) is 5.91. The van der Waals surface area contributed by atoms with Crippen LogP contribution in [0.4, 0.5) is 5.69 Å². The van der Waals surface area contributed by atoms with Crippen molar-refractivity contribution in [3.63, 3.8) is 0 Å². The molecule has 23 heavy (non-hydrogen) atoms. The lowest BCUT2D eigenvalue weighted by molar-refractivity contribution is -0.119.